The Kier molecular flexibility index (Phi) is 3.72. The van der Waals surface area contributed by atoms with E-state index in [1.807, 2.05) is 23.1 Å². The predicted octanol–water partition coefficient (Wildman–Crippen LogP) is 1.50. The van der Waals surface area contributed by atoms with Crippen molar-refractivity contribution in [1.29, 1.82) is 0 Å². The first-order chi connectivity index (χ1) is 11.6. The van der Waals surface area contributed by atoms with E-state index in [4.69, 9.17) is 4.74 Å². The van der Waals surface area contributed by atoms with Gasteiger partial charge in [-0.2, -0.15) is 0 Å². The summed E-state index contributed by atoms with van der Waals surface area (Å²) >= 11 is 0. The van der Waals surface area contributed by atoms with Crippen molar-refractivity contribution >= 4 is 17.6 Å². The predicted molar refractivity (Wildman–Crippen MR) is 90.1 cm³/mol. The lowest BCUT2D eigenvalue weighted by molar-refractivity contribution is -0.128. The van der Waals surface area contributed by atoms with Crippen molar-refractivity contribution in [1.82, 2.24) is 10.2 Å². The molecule has 1 atom stereocenters. The van der Waals surface area contributed by atoms with E-state index in [-0.39, 0.29) is 17.4 Å². The van der Waals surface area contributed by atoms with E-state index in [0.717, 1.165) is 31.7 Å². The molecule has 0 unspecified atom stereocenters. The van der Waals surface area contributed by atoms with Crippen LogP contribution in [0.5, 0.6) is 0 Å². The average molecular weight is 329 g/mol. The molecule has 0 radical (unpaired) electrons. The van der Waals surface area contributed by atoms with Gasteiger partial charge in [0.1, 0.15) is 6.04 Å². The quantitative estimate of drug-likeness (QED) is 0.849. The molecule has 4 rings (SSSR count). The molecule has 3 aliphatic heterocycles. The van der Waals surface area contributed by atoms with Crippen molar-refractivity contribution in [2.24, 2.45) is 0 Å². The highest BCUT2D eigenvalue weighted by molar-refractivity contribution is 5.98. The van der Waals surface area contributed by atoms with Crippen LogP contribution in [-0.2, 0) is 14.9 Å². The number of fused-ring (bicyclic) bond motifs is 2. The SMILES string of the molecule is CN1CC[C@H](NC(=O)N2CC3(CCOCC3)c3ccccc32)C1=O. The van der Waals surface area contributed by atoms with Gasteiger partial charge in [-0.25, -0.2) is 4.79 Å². The molecule has 0 aromatic heterocycles. The maximum Gasteiger partial charge on any atom is 0.322 e. The second-order valence-corrected chi connectivity index (χ2v) is 7.05. The third-order valence-electron chi connectivity index (χ3n) is 5.65. The van der Waals surface area contributed by atoms with Crippen LogP contribution in [-0.4, -0.2) is 56.2 Å². The Morgan fingerprint density at radius 3 is 2.75 bits per heavy atom. The minimum atomic E-state index is -0.402. The molecule has 3 heterocycles. The number of nitrogens with one attached hydrogen (secondary N) is 1. The molecule has 2 fully saturated rings. The zero-order valence-electron chi connectivity index (χ0n) is 14.0. The molecule has 0 saturated carbocycles. The summed E-state index contributed by atoms with van der Waals surface area (Å²) in [5, 5.41) is 2.93. The van der Waals surface area contributed by atoms with Gasteiger partial charge >= 0.3 is 6.03 Å². The van der Waals surface area contributed by atoms with Crippen LogP contribution in [0.3, 0.4) is 0 Å². The van der Waals surface area contributed by atoms with E-state index < -0.39 is 6.04 Å². The molecule has 3 amide bonds. The van der Waals surface area contributed by atoms with Crippen LogP contribution in [0.25, 0.3) is 0 Å². The van der Waals surface area contributed by atoms with Crippen molar-refractivity contribution < 1.29 is 14.3 Å². The molecule has 1 aromatic carbocycles. The van der Waals surface area contributed by atoms with Crippen LogP contribution in [0.15, 0.2) is 24.3 Å². The van der Waals surface area contributed by atoms with Gasteiger partial charge in [0.25, 0.3) is 0 Å². The van der Waals surface area contributed by atoms with Gasteiger partial charge in [-0.05, 0) is 30.9 Å². The number of nitrogens with zero attached hydrogens (tertiary/aromatic N) is 2. The first-order valence-electron chi connectivity index (χ1n) is 8.61. The molecule has 6 nitrogen and oxygen atoms in total. The lowest BCUT2D eigenvalue weighted by Gasteiger charge is -2.34. The van der Waals surface area contributed by atoms with Crippen molar-refractivity contribution in [3.05, 3.63) is 29.8 Å². The zero-order valence-corrected chi connectivity index (χ0v) is 14.0. The Hall–Kier alpha value is -2.08. The standard InChI is InChI=1S/C18H23N3O3/c1-20-9-6-14(16(20)22)19-17(23)21-12-18(7-10-24-11-8-18)13-4-2-3-5-15(13)21/h2-5,14H,6-12H2,1H3,(H,19,23)/t14-/m0/s1. The smallest absolute Gasteiger partial charge is 0.322 e. The summed E-state index contributed by atoms with van der Waals surface area (Å²) in [6.45, 7) is 2.82. The number of likely N-dealkylation sites (N-methyl/N-ethyl adjacent to an activating group) is 1. The Balaban J connectivity index is 1.58. The molecule has 1 N–H and O–H groups in total. The van der Waals surface area contributed by atoms with Gasteiger partial charge < -0.3 is 15.0 Å². The van der Waals surface area contributed by atoms with E-state index in [0.29, 0.717) is 19.5 Å². The summed E-state index contributed by atoms with van der Waals surface area (Å²) in [5.74, 6) is -0.00314. The van der Waals surface area contributed by atoms with Crippen LogP contribution < -0.4 is 10.2 Å². The summed E-state index contributed by atoms with van der Waals surface area (Å²) in [5.41, 5.74) is 2.19. The maximum atomic E-state index is 12.9. The van der Waals surface area contributed by atoms with Gasteiger partial charge in [0.2, 0.25) is 5.91 Å². The molecular formula is C18H23N3O3. The van der Waals surface area contributed by atoms with Crippen LogP contribution >= 0.6 is 0 Å². The summed E-state index contributed by atoms with van der Waals surface area (Å²) < 4.78 is 5.53. The van der Waals surface area contributed by atoms with E-state index in [2.05, 4.69) is 11.4 Å². The number of carbonyl (C=O) groups is 2. The van der Waals surface area contributed by atoms with Gasteiger partial charge in [0, 0.05) is 44.5 Å². The Labute approximate surface area is 141 Å². The molecule has 2 saturated heterocycles. The van der Waals surface area contributed by atoms with Crippen LogP contribution in [0, 0.1) is 0 Å². The van der Waals surface area contributed by atoms with Gasteiger partial charge in [-0.1, -0.05) is 18.2 Å². The molecule has 3 aliphatic rings. The fraction of sp³-hybridized carbons (Fsp3) is 0.556. The molecule has 0 aliphatic carbocycles. The first kappa shape index (κ1) is 15.4. The number of anilines is 1. The van der Waals surface area contributed by atoms with Gasteiger partial charge in [-0.3, -0.25) is 9.69 Å². The second kappa shape index (κ2) is 5.77. The Morgan fingerprint density at radius 1 is 1.29 bits per heavy atom. The van der Waals surface area contributed by atoms with Crippen LogP contribution in [0.4, 0.5) is 10.5 Å². The number of amides is 3. The second-order valence-electron chi connectivity index (χ2n) is 7.05. The fourth-order valence-electron chi connectivity index (χ4n) is 4.18. The highest BCUT2D eigenvalue weighted by Gasteiger charge is 2.46. The fourth-order valence-corrected chi connectivity index (χ4v) is 4.18. The molecule has 1 spiro atoms. The highest BCUT2D eigenvalue weighted by atomic mass is 16.5. The van der Waals surface area contributed by atoms with Crippen LogP contribution in [0.2, 0.25) is 0 Å². The number of hydrogen-bond acceptors (Lipinski definition) is 3. The Morgan fingerprint density at radius 2 is 2.04 bits per heavy atom. The zero-order chi connectivity index (χ0) is 16.7. The molecular weight excluding hydrogens is 306 g/mol. The number of para-hydroxylation sites is 1. The Bertz CT molecular complexity index is 669. The average Bonchev–Trinajstić information content (AvgIpc) is 3.09. The summed E-state index contributed by atoms with van der Waals surface area (Å²) in [6, 6.07) is 7.56. The minimum Gasteiger partial charge on any atom is -0.381 e. The third kappa shape index (κ3) is 2.36. The number of ether oxygens (including phenoxy) is 1. The normalized spacial score (nSPS) is 25.2. The van der Waals surface area contributed by atoms with E-state index in [1.54, 1.807) is 11.9 Å². The van der Waals surface area contributed by atoms with Crippen molar-refractivity contribution in [2.45, 2.75) is 30.7 Å². The number of benzene rings is 1. The third-order valence-corrected chi connectivity index (χ3v) is 5.65. The maximum absolute atomic E-state index is 12.9. The lowest BCUT2D eigenvalue weighted by atomic mass is 9.76. The molecule has 1 aromatic rings. The van der Waals surface area contributed by atoms with Gasteiger partial charge in [0.15, 0.2) is 0 Å². The number of carbonyl (C=O) groups excluding carboxylic acids is 2. The van der Waals surface area contributed by atoms with Crippen molar-refractivity contribution in [3.63, 3.8) is 0 Å². The van der Waals surface area contributed by atoms with Gasteiger partial charge in [-0.15, -0.1) is 0 Å². The monoisotopic (exact) mass is 329 g/mol. The molecule has 0 bridgehead atoms. The number of urea groups is 1. The first-order valence-corrected chi connectivity index (χ1v) is 8.61. The van der Waals surface area contributed by atoms with E-state index in [9.17, 15) is 9.59 Å². The topological polar surface area (TPSA) is 61.9 Å². The van der Waals surface area contributed by atoms with Crippen molar-refractivity contribution in [2.75, 3.05) is 38.3 Å². The van der Waals surface area contributed by atoms with Crippen molar-refractivity contribution in [3.8, 4) is 0 Å². The summed E-state index contributed by atoms with van der Waals surface area (Å²) in [4.78, 5) is 28.4. The highest BCUT2D eigenvalue weighted by Crippen LogP contribution is 2.46. The summed E-state index contributed by atoms with van der Waals surface area (Å²) in [6.07, 6.45) is 2.54. The van der Waals surface area contributed by atoms with Crippen LogP contribution in [0.1, 0.15) is 24.8 Å². The lowest BCUT2D eigenvalue weighted by Crippen LogP contribution is -2.49. The molecule has 24 heavy (non-hydrogen) atoms. The molecule has 128 valence electrons. The number of hydrogen-bond donors (Lipinski definition) is 1. The number of likely N-dealkylation sites (tertiary alicyclic amines) is 1. The minimum absolute atomic E-state index is 0.00314. The van der Waals surface area contributed by atoms with E-state index in [1.165, 1.54) is 5.56 Å². The molecule has 6 heteroatoms. The summed E-state index contributed by atoms with van der Waals surface area (Å²) in [7, 11) is 1.77. The largest absolute Gasteiger partial charge is 0.381 e. The van der Waals surface area contributed by atoms with Gasteiger partial charge in [0.05, 0.1) is 0 Å². The number of rotatable bonds is 1. The van der Waals surface area contributed by atoms with E-state index >= 15 is 0 Å².